The molecule has 2 saturated carbocycles. The molecule has 1 aromatic rings. The Labute approximate surface area is 181 Å². The van der Waals surface area contributed by atoms with E-state index in [0.29, 0.717) is 17.6 Å². The van der Waals surface area contributed by atoms with Crippen molar-refractivity contribution in [1.29, 1.82) is 0 Å². The van der Waals surface area contributed by atoms with Crippen molar-refractivity contribution < 1.29 is 4.74 Å². The summed E-state index contributed by atoms with van der Waals surface area (Å²) in [7, 11) is 1.86. The smallest absolute Gasteiger partial charge is 0.191 e. The van der Waals surface area contributed by atoms with E-state index in [1.54, 1.807) is 0 Å². The highest BCUT2D eigenvalue weighted by molar-refractivity contribution is 14.0. The summed E-state index contributed by atoms with van der Waals surface area (Å²) >= 11 is 0. The second kappa shape index (κ2) is 10.6. The molecule has 152 valence electrons. The normalized spacial score (nSPS) is 24.0. The maximum absolute atomic E-state index is 6.06. The third-order valence-corrected chi connectivity index (χ3v) is 6.30. The molecular formula is C21H35IN4O. The van der Waals surface area contributed by atoms with Crippen molar-refractivity contribution in [3.05, 3.63) is 29.6 Å². The van der Waals surface area contributed by atoms with E-state index in [2.05, 4.69) is 40.5 Å². The summed E-state index contributed by atoms with van der Waals surface area (Å²) < 4.78 is 6.06. The van der Waals surface area contributed by atoms with Gasteiger partial charge in [-0.3, -0.25) is 9.98 Å². The molecule has 0 aromatic carbocycles. The Morgan fingerprint density at radius 2 is 2.11 bits per heavy atom. The number of halogens is 1. The summed E-state index contributed by atoms with van der Waals surface area (Å²) in [6.45, 7) is 5.92. The average Bonchev–Trinajstić information content (AvgIpc) is 2.68. The van der Waals surface area contributed by atoms with Crippen LogP contribution >= 0.6 is 24.0 Å². The van der Waals surface area contributed by atoms with Gasteiger partial charge in [-0.25, -0.2) is 0 Å². The standard InChI is InChI=1S/C21H34N4O.HI/c1-4-26-19-14-18(21(19)10-6-5-7-11-21)25-20(22-3)24-13-9-17-8-12-23-15-16(17)2;/h8,12,15,18-19H,4-7,9-11,13-14H2,1-3H3,(H2,22,24,25);1H. The molecule has 2 aliphatic carbocycles. The SMILES string of the molecule is CCOC1CC(NC(=NC)NCCc2ccncc2C)C12CCCCC2.I. The van der Waals surface area contributed by atoms with Crippen molar-refractivity contribution in [2.75, 3.05) is 20.2 Å². The van der Waals surface area contributed by atoms with Crippen LogP contribution in [0.15, 0.2) is 23.5 Å². The fourth-order valence-electron chi connectivity index (χ4n) is 4.72. The number of pyridine rings is 1. The van der Waals surface area contributed by atoms with Gasteiger partial charge in [0.15, 0.2) is 5.96 Å². The van der Waals surface area contributed by atoms with Gasteiger partial charge < -0.3 is 15.4 Å². The first-order valence-electron chi connectivity index (χ1n) is 10.2. The van der Waals surface area contributed by atoms with Gasteiger partial charge in [-0.1, -0.05) is 19.3 Å². The van der Waals surface area contributed by atoms with E-state index < -0.39 is 0 Å². The van der Waals surface area contributed by atoms with Gasteiger partial charge in [0.1, 0.15) is 0 Å². The number of hydrogen-bond acceptors (Lipinski definition) is 3. The van der Waals surface area contributed by atoms with Gasteiger partial charge in [0.2, 0.25) is 0 Å². The van der Waals surface area contributed by atoms with Crippen molar-refractivity contribution in [3.8, 4) is 0 Å². The number of aliphatic imine (C=N–C) groups is 1. The quantitative estimate of drug-likeness (QED) is 0.365. The van der Waals surface area contributed by atoms with E-state index in [-0.39, 0.29) is 24.0 Å². The Morgan fingerprint density at radius 1 is 1.33 bits per heavy atom. The number of nitrogens with one attached hydrogen (secondary N) is 2. The maximum atomic E-state index is 6.06. The minimum absolute atomic E-state index is 0. The predicted octanol–water partition coefficient (Wildman–Crippen LogP) is 3.84. The number of rotatable bonds is 6. The second-order valence-electron chi connectivity index (χ2n) is 7.72. The molecule has 0 bridgehead atoms. The van der Waals surface area contributed by atoms with E-state index in [1.165, 1.54) is 43.2 Å². The van der Waals surface area contributed by atoms with Gasteiger partial charge in [0.25, 0.3) is 0 Å². The molecule has 5 nitrogen and oxygen atoms in total. The minimum Gasteiger partial charge on any atom is -0.378 e. The van der Waals surface area contributed by atoms with Crippen molar-refractivity contribution in [1.82, 2.24) is 15.6 Å². The number of nitrogens with zero attached hydrogens (tertiary/aromatic N) is 2. The fraction of sp³-hybridized carbons (Fsp3) is 0.714. The van der Waals surface area contributed by atoms with Crippen LogP contribution in [0.3, 0.4) is 0 Å². The van der Waals surface area contributed by atoms with Gasteiger partial charge in [-0.05, 0) is 56.7 Å². The zero-order valence-electron chi connectivity index (χ0n) is 17.0. The molecule has 27 heavy (non-hydrogen) atoms. The lowest BCUT2D eigenvalue weighted by Crippen LogP contribution is -2.66. The van der Waals surface area contributed by atoms with Crippen LogP contribution in [0, 0.1) is 12.3 Å². The van der Waals surface area contributed by atoms with Gasteiger partial charge >= 0.3 is 0 Å². The molecule has 1 spiro atoms. The zero-order chi connectivity index (χ0) is 18.4. The largest absolute Gasteiger partial charge is 0.378 e. The molecular weight excluding hydrogens is 451 g/mol. The number of guanidine groups is 1. The number of hydrogen-bond donors (Lipinski definition) is 2. The van der Waals surface area contributed by atoms with E-state index in [4.69, 9.17) is 4.74 Å². The highest BCUT2D eigenvalue weighted by Gasteiger charge is 2.55. The first-order chi connectivity index (χ1) is 12.7. The molecule has 2 unspecified atom stereocenters. The van der Waals surface area contributed by atoms with E-state index in [9.17, 15) is 0 Å². The van der Waals surface area contributed by atoms with Crippen LogP contribution < -0.4 is 10.6 Å². The summed E-state index contributed by atoms with van der Waals surface area (Å²) in [5.41, 5.74) is 2.90. The van der Waals surface area contributed by atoms with Crippen molar-refractivity contribution >= 4 is 29.9 Å². The zero-order valence-corrected chi connectivity index (χ0v) is 19.3. The Hall–Kier alpha value is -0.890. The molecule has 3 rings (SSSR count). The Bertz CT molecular complexity index is 616. The van der Waals surface area contributed by atoms with Crippen LogP contribution in [0.1, 0.15) is 56.6 Å². The summed E-state index contributed by atoms with van der Waals surface area (Å²) in [6, 6.07) is 2.58. The molecule has 0 amide bonds. The van der Waals surface area contributed by atoms with Crippen molar-refractivity contribution in [3.63, 3.8) is 0 Å². The van der Waals surface area contributed by atoms with Gasteiger partial charge in [-0.2, -0.15) is 0 Å². The molecule has 1 aromatic heterocycles. The lowest BCUT2D eigenvalue weighted by Gasteiger charge is -2.57. The predicted molar refractivity (Wildman–Crippen MR) is 122 cm³/mol. The molecule has 0 radical (unpaired) electrons. The molecule has 2 atom stereocenters. The first kappa shape index (κ1) is 22.4. The van der Waals surface area contributed by atoms with Crippen molar-refractivity contribution in [2.45, 2.75) is 70.9 Å². The third-order valence-electron chi connectivity index (χ3n) is 6.30. The third kappa shape index (κ3) is 5.13. The lowest BCUT2D eigenvalue weighted by atomic mass is 9.55. The molecule has 0 saturated heterocycles. The van der Waals surface area contributed by atoms with E-state index in [1.807, 2.05) is 19.4 Å². The van der Waals surface area contributed by atoms with Crippen LogP contribution in [0.2, 0.25) is 0 Å². The Balaban J connectivity index is 0.00000261. The van der Waals surface area contributed by atoms with Crippen LogP contribution in [0.5, 0.6) is 0 Å². The Morgan fingerprint density at radius 3 is 2.78 bits per heavy atom. The second-order valence-corrected chi connectivity index (χ2v) is 7.72. The summed E-state index contributed by atoms with van der Waals surface area (Å²) in [6.07, 6.45) is 12.9. The van der Waals surface area contributed by atoms with Crippen LogP contribution in [-0.4, -0.2) is 43.3 Å². The highest BCUT2D eigenvalue weighted by atomic mass is 127. The topological polar surface area (TPSA) is 58.5 Å². The lowest BCUT2D eigenvalue weighted by molar-refractivity contribution is -0.145. The van der Waals surface area contributed by atoms with Crippen LogP contribution in [-0.2, 0) is 11.2 Å². The summed E-state index contributed by atoms with van der Waals surface area (Å²) in [5.74, 6) is 0.918. The fourth-order valence-corrected chi connectivity index (χ4v) is 4.72. The Kier molecular flexibility index (Phi) is 8.79. The highest BCUT2D eigenvalue weighted by Crippen LogP contribution is 2.53. The van der Waals surface area contributed by atoms with Gasteiger partial charge in [-0.15, -0.1) is 24.0 Å². The molecule has 6 heteroatoms. The number of ether oxygens (including phenoxy) is 1. The molecule has 2 fully saturated rings. The summed E-state index contributed by atoms with van der Waals surface area (Å²) in [5, 5.41) is 7.19. The molecule has 1 heterocycles. The van der Waals surface area contributed by atoms with E-state index in [0.717, 1.165) is 32.0 Å². The monoisotopic (exact) mass is 486 g/mol. The van der Waals surface area contributed by atoms with Crippen LogP contribution in [0.4, 0.5) is 0 Å². The number of aryl methyl sites for hydroxylation is 1. The van der Waals surface area contributed by atoms with Crippen molar-refractivity contribution in [2.24, 2.45) is 10.4 Å². The average molecular weight is 486 g/mol. The minimum atomic E-state index is 0. The summed E-state index contributed by atoms with van der Waals surface area (Å²) in [4.78, 5) is 8.62. The molecule has 2 N–H and O–H groups in total. The van der Waals surface area contributed by atoms with Crippen LogP contribution in [0.25, 0.3) is 0 Å². The molecule has 2 aliphatic rings. The van der Waals surface area contributed by atoms with Gasteiger partial charge in [0.05, 0.1) is 6.10 Å². The molecule has 0 aliphatic heterocycles. The maximum Gasteiger partial charge on any atom is 0.191 e. The number of aromatic nitrogens is 1. The van der Waals surface area contributed by atoms with E-state index >= 15 is 0 Å². The first-order valence-corrected chi connectivity index (χ1v) is 10.2. The van der Waals surface area contributed by atoms with Gasteiger partial charge in [0, 0.05) is 44.0 Å².